The van der Waals surface area contributed by atoms with Gasteiger partial charge < -0.3 is 14.6 Å². The minimum Gasteiger partial charge on any atom is -0.331 e. The molecule has 0 N–H and O–H groups in total. The van der Waals surface area contributed by atoms with Crippen molar-refractivity contribution in [2.45, 2.75) is 38.8 Å². The average molecular weight is 316 g/mol. The smallest absolute Gasteiger partial charge is 0.255 e. The van der Waals surface area contributed by atoms with E-state index in [1.807, 2.05) is 13.8 Å². The number of hydrogen-bond acceptors (Lipinski definition) is 3. The first-order valence-corrected chi connectivity index (χ1v) is 8.01. The van der Waals surface area contributed by atoms with Crippen LogP contribution in [0.3, 0.4) is 0 Å². The lowest BCUT2D eigenvalue weighted by atomic mass is 10.0. The number of amides is 2. The summed E-state index contributed by atoms with van der Waals surface area (Å²) < 4.78 is 0. The molecule has 5 nitrogen and oxygen atoms in total. The molecule has 2 aliphatic heterocycles. The molecule has 0 aromatic carbocycles. The number of likely N-dealkylation sites (tertiary alicyclic amines) is 1. The maximum atomic E-state index is 13.0. The Kier molecular flexibility index (Phi) is 5.19. The molecule has 1 unspecified atom stereocenters. The van der Waals surface area contributed by atoms with Gasteiger partial charge in [0.15, 0.2) is 0 Å². The summed E-state index contributed by atoms with van der Waals surface area (Å²) in [5.41, 5.74) is 1.30. The predicted octanol–water partition coefficient (Wildman–Crippen LogP) is 1.71. The zero-order valence-electron chi connectivity index (χ0n) is 13.8. The fourth-order valence-corrected chi connectivity index (χ4v) is 3.41. The molecule has 2 rings (SSSR count). The number of hydrogen-bond donors (Lipinski definition) is 0. The van der Waals surface area contributed by atoms with Crippen molar-refractivity contribution in [2.24, 2.45) is 5.92 Å². The Bertz CT molecular complexity index is 577. The highest BCUT2D eigenvalue weighted by atomic mass is 16.2. The van der Waals surface area contributed by atoms with E-state index < -0.39 is 6.04 Å². The molecule has 2 aliphatic rings. The first-order chi connectivity index (χ1) is 11.0. The predicted molar refractivity (Wildman–Crippen MR) is 88.6 cm³/mol. The normalized spacial score (nSPS) is 22.7. The van der Waals surface area contributed by atoms with Gasteiger partial charge in [0.25, 0.3) is 5.91 Å². The van der Waals surface area contributed by atoms with Crippen molar-refractivity contribution in [2.75, 3.05) is 13.1 Å². The Balaban J connectivity index is 2.28. The van der Waals surface area contributed by atoms with E-state index in [2.05, 4.69) is 13.2 Å². The van der Waals surface area contributed by atoms with E-state index in [4.69, 9.17) is 0 Å². The van der Waals surface area contributed by atoms with Crippen molar-refractivity contribution in [3.8, 4) is 0 Å². The highest BCUT2D eigenvalue weighted by Crippen LogP contribution is 2.28. The van der Waals surface area contributed by atoms with Crippen molar-refractivity contribution in [1.29, 1.82) is 0 Å². The first-order valence-electron chi connectivity index (χ1n) is 8.01. The van der Waals surface area contributed by atoms with Crippen LogP contribution in [0, 0.1) is 5.92 Å². The number of rotatable bonds is 6. The molecule has 5 heteroatoms. The van der Waals surface area contributed by atoms with E-state index in [-0.39, 0.29) is 23.8 Å². The summed E-state index contributed by atoms with van der Waals surface area (Å²) in [4.78, 5) is 40.0. The van der Waals surface area contributed by atoms with E-state index in [0.717, 1.165) is 18.3 Å². The molecule has 1 fully saturated rings. The Morgan fingerprint density at radius 1 is 1.30 bits per heavy atom. The van der Waals surface area contributed by atoms with Gasteiger partial charge in [-0.25, -0.2) is 0 Å². The largest absolute Gasteiger partial charge is 0.331 e. The second-order valence-corrected chi connectivity index (χ2v) is 6.35. The van der Waals surface area contributed by atoms with Crippen molar-refractivity contribution in [3.05, 3.63) is 36.5 Å². The average Bonchev–Trinajstić information content (AvgIpc) is 3.11. The third kappa shape index (κ3) is 3.00. The van der Waals surface area contributed by atoms with Crippen LogP contribution in [0.4, 0.5) is 0 Å². The van der Waals surface area contributed by atoms with E-state index >= 15 is 0 Å². The summed E-state index contributed by atoms with van der Waals surface area (Å²) in [6, 6.07) is -0.942. The van der Waals surface area contributed by atoms with E-state index in [9.17, 15) is 14.4 Å². The van der Waals surface area contributed by atoms with Gasteiger partial charge in [0.1, 0.15) is 12.3 Å². The van der Waals surface area contributed by atoms with Crippen LogP contribution in [0.1, 0.15) is 26.7 Å². The molecule has 2 heterocycles. The summed E-state index contributed by atoms with van der Waals surface area (Å²) >= 11 is 0. The Hall–Kier alpha value is -2.17. The second kappa shape index (κ2) is 6.94. The lowest BCUT2D eigenvalue weighted by molar-refractivity contribution is -0.146. The first kappa shape index (κ1) is 17.2. The van der Waals surface area contributed by atoms with Gasteiger partial charge >= 0.3 is 0 Å². The summed E-state index contributed by atoms with van der Waals surface area (Å²) in [5, 5.41) is 0. The van der Waals surface area contributed by atoms with Crippen LogP contribution in [-0.2, 0) is 14.4 Å². The number of nitrogens with zero attached hydrogens (tertiary/aromatic N) is 2. The molecule has 0 radical (unpaired) electrons. The minimum atomic E-state index is -0.574. The lowest BCUT2D eigenvalue weighted by Gasteiger charge is -2.34. The monoisotopic (exact) mass is 316 g/mol. The minimum absolute atomic E-state index is 0.0467. The molecular weight excluding hydrogens is 292 g/mol. The molecule has 2 amide bonds. The highest BCUT2D eigenvalue weighted by molar-refractivity contribution is 6.03. The zero-order valence-corrected chi connectivity index (χ0v) is 13.8. The summed E-state index contributed by atoms with van der Waals surface area (Å²) in [5.74, 6) is -0.380. The Labute approximate surface area is 137 Å². The molecule has 23 heavy (non-hydrogen) atoms. The van der Waals surface area contributed by atoms with E-state index in [1.54, 1.807) is 15.9 Å². The number of carbonyl (C=O) groups is 3. The second-order valence-electron chi connectivity index (χ2n) is 6.35. The fourth-order valence-electron chi connectivity index (χ4n) is 3.41. The molecular formula is C18H24N2O3. The van der Waals surface area contributed by atoms with Gasteiger partial charge in [-0.05, 0) is 24.3 Å². The summed E-state index contributed by atoms with van der Waals surface area (Å²) in [7, 11) is 0. The lowest BCUT2D eigenvalue weighted by Crippen LogP contribution is -2.53. The molecule has 0 aromatic rings. The van der Waals surface area contributed by atoms with Crippen molar-refractivity contribution in [1.82, 2.24) is 9.80 Å². The van der Waals surface area contributed by atoms with Gasteiger partial charge in [0, 0.05) is 18.7 Å². The maximum absolute atomic E-state index is 13.0. The van der Waals surface area contributed by atoms with E-state index in [0.29, 0.717) is 25.1 Å². The summed E-state index contributed by atoms with van der Waals surface area (Å²) in [6.07, 6.45) is 5.51. The van der Waals surface area contributed by atoms with Gasteiger partial charge in [0.2, 0.25) is 5.91 Å². The van der Waals surface area contributed by atoms with Gasteiger partial charge in [-0.3, -0.25) is 9.59 Å². The summed E-state index contributed by atoms with van der Waals surface area (Å²) in [6.45, 7) is 12.2. The Morgan fingerprint density at radius 2 is 2.00 bits per heavy atom. The zero-order chi connectivity index (χ0) is 17.1. The molecule has 2 atom stereocenters. The van der Waals surface area contributed by atoms with Crippen LogP contribution in [0.5, 0.6) is 0 Å². The van der Waals surface area contributed by atoms with Crippen LogP contribution in [0.2, 0.25) is 0 Å². The molecule has 0 aliphatic carbocycles. The molecule has 0 bridgehead atoms. The van der Waals surface area contributed by atoms with Gasteiger partial charge in [-0.2, -0.15) is 0 Å². The van der Waals surface area contributed by atoms with Crippen molar-refractivity contribution < 1.29 is 14.4 Å². The number of aldehydes is 1. The quantitative estimate of drug-likeness (QED) is 0.701. The Morgan fingerprint density at radius 3 is 2.48 bits per heavy atom. The third-order valence-electron chi connectivity index (χ3n) is 4.59. The third-order valence-corrected chi connectivity index (χ3v) is 4.59. The van der Waals surface area contributed by atoms with Crippen molar-refractivity contribution in [3.63, 3.8) is 0 Å². The fraction of sp³-hybridized carbons (Fsp3) is 0.500. The van der Waals surface area contributed by atoms with Crippen LogP contribution in [0.25, 0.3) is 0 Å². The molecule has 124 valence electrons. The molecule has 1 saturated heterocycles. The highest BCUT2D eigenvalue weighted by Gasteiger charge is 2.42. The SMILES string of the molecule is C=CC1=C(C=C)C(=O)N(C(C(=O)N2CCC[C@H]2C=O)C(C)C)C1. The van der Waals surface area contributed by atoms with Gasteiger partial charge in [-0.1, -0.05) is 39.2 Å². The molecule has 0 saturated carbocycles. The molecule has 0 spiro atoms. The topological polar surface area (TPSA) is 57.7 Å². The van der Waals surface area contributed by atoms with Crippen molar-refractivity contribution >= 4 is 18.1 Å². The van der Waals surface area contributed by atoms with Crippen LogP contribution < -0.4 is 0 Å². The van der Waals surface area contributed by atoms with Gasteiger partial charge in [0.05, 0.1) is 6.04 Å². The van der Waals surface area contributed by atoms with Crippen LogP contribution in [-0.4, -0.2) is 53.1 Å². The standard InChI is InChI=1S/C18H24N2O3/c1-5-13-10-20(17(22)15(13)6-2)16(12(3)4)18(23)19-9-7-8-14(19)11-21/h5-6,11-12,14,16H,1-2,7-10H2,3-4H3/t14-,16?/m0/s1. The van der Waals surface area contributed by atoms with Gasteiger partial charge in [-0.15, -0.1) is 0 Å². The number of carbonyl (C=O) groups excluding carboxylic acids is 3. The maximum Gasteiger partial charge on any atom is 0.255 e. The van der Waals surface area contributed by atoms with Crippen LogP contribution in [0.15, 0.2) is 36.5 Å². The molecule has 0 aromatic heterocycles. The van der Waals surface area contributed by atoms with E-state index in [1.165, 1.54) is 6.08 Å². The van der Waals surface area contributed by atoms with Crippen LogP contribution >= 0.6 is 0 Å².